The summed E-state index contributed by atoms with van der Waals surface area (Å²) in [6.45, 7) is 0. The number of ether oxygens (including phenoxy) is 1. The van der Waals surface area contributed by atoms with Gasteiger partial charge in [-0.1, -0.05) is 40.9 Å². The van der Waals surface area contributed by atoms with Gasteiger partial charge in [0.2, 0.25) is 11.6 Å². The lowest BCUT2D eigenvalue weighted by Crippen LogP contribution is -1.97. The van der Waals surface area contributed by atoms with Crippen LogP contribution >= 0.6 is 34.8 Å². The van der Waals surface area contributed by atoms with E-state index in [1.807, 2.05) is 0 Å². The third-order valence-electron chi connectivity index (χ3n) is 2.33. The summed E-state index contributed by atoms with van der Waals surface area (Å²) in [5.41, 5.74) is -0.783. The third kappa shape index (κ3) is 2.95. The molecule has 0 spiro atoms. The lowest BCUT2D eigenvalue weighted by atomic mass is 10.3. The fourth-order valence-corrected chi connectivity index (χ4v) is 2.03. The van der Waals surface area contributed by atoms with Crippen molar-refractivity contribution in [2.45, 2.75) is 0 Å². The summed E-state index contributed by atoms with van der Waals surface area (Å²) in [7, 11) is 0. The molecule has 0 aliphatic carbocycles. The molecule has 2 aromatic rings. The van der Waals surface area contributed by atoms with Gasteiger partial charge in [-0.3, -0.25) is 10.1 Å². The van der Waals surface area contributed by atoms with E-state index in [1.54, 1.807) is 0 Å². The van der Waals surface area contributed by atoms with Gasteiger partial charge in [-0.2, -0.15) is 4.39 Å². The van der Waals surface area contributed by atoms with E-state index >= 15 is 0 Å². The second kappa shape index (κ2) is 5.83. The zero-order chi connectivity index (χ0) is 14.9. The molecule has 0 aliphatic heterocycles. The highest BCUT2D eigenvalue weighted by Crippen LogP contribution is 2.39. The van der Waals surface area contributed by atoms with Gasteiger partial charge in [0.15, 0.2) is 0 Å². The van der Waals surface area contributed by atoms with Crippen LogP contribution in [0.4, 0.5) is 10.1 Å². The van der Waals surface area contributed by atoms with E-state index in [1.165, 1.54) is 24.3 Å². The van der Waals surface area contributed by atoms with Crippen LogP contribution in [-0.4, -0.2) is 4.92 Å². The Morgan fingerprint density at radius 2 is 1.70 bits per heavy atom. The second-order valence-electron chi connectivity index (χ2n) is 3.64. The minimum Gasteiger partial charge on any atom is -0.448 e. The number of nitro benzene ring substituents is 1. The molecule has 0 N–H and O–H groups in total. The lowest BCUT2D eigenvalue weighted by molar-refractivity contribution is -0.388. The summed E-state index contributed by atoms with van der Waals surface area (Å²) in [5.74, 6) is -1.26. The normalized spacial score (nSPS) is 10.4. The van der Waals surface area contributed by atoms with E-state index in [0.29, 0.717) is 0 Å². The molecule has 0 amide bonds. The first-order valence-electron chi connectivity index (χ1n) is 5.15. The zero-order valence-corrected chi connectivity index (χ0v) is 11.8. The number of hydrogen-bond acceptors (Lipinski definition) is 3. The standard InChI is InChI=1S/C12H5Cl3FNO3/c13-6-4-8(15)11(5-7(6)14)20-10-3-1-2-9(16)12(10)17(18)19/h1-5H. The molecule has 0 unspecified atom stereocenters. The molecule has 0 fully saturated rings. The van der Waals surface area contributed by atoms with E-state index < -0.39 is 16.4 Å². The molecule has 2 aromatic carbocycles. The van der Waals surface area contributed by atoms with Crippen molar-refractivity contribution in [1.82, 2.24) is 0 Å². The van der Waals surface area contributed by atoms with Crippen molar-refractivity contribution in [3.63, 3.8) is 0 Å². The van der Waals surface area contributed by atoms with E-state index in [9.17, 15) is 14.5 Å². The number of para-hydroxylation sites is 1. The van der Waals surface area contributed by atoms with E-state index in [-0.39, 0.29) is 26.6 Å². The molecule has 0 atom stereocenters. The molecule has 20 heavy (non-hydrogen) atoms. The van der Waals surface area contributed by atoms with Gasteiger partial charge in [-0.25, -0.2) is 0 Å². The monoisotopic (exact) mass is 335 g/mol. The van der Waals surface area contributed by atoms with Gasteiger partial charge in [0.25, 0.3) is 0 Å². The SMILES string of the molecule is O=[N+]([O-])c1c(F)cccc1Oc1cc(Cl)c(Cl)cc1Cl. The minimum absolute atomic E-state index is 0.0368. The topological polar surface area (TPSA) is 52.4 Å². The number of rotatable bonds is 3. The van der Waals surface area contributed by atoms with Gasteiger partial charge in [0.05, 0.1) is 20.0 Å². The Morgan fingerprint density at radius 3 is 2.35 bits per heavy atom. The highest BCUT2D eigenvalue weighted by Gasteiger charge is 2.22. The van der Waals surface area contributed by atoms with Crippen molar-refractivity contribution in [2.24, 2.45) is 0 Å². The highest BCUT2D eigenvalue weighted by atomic mass is 35.5. The molecule has 0 saturated heterocycles. The fourth-order valence-electron chi connectivity index (χ4n) is 1.46. The quantitative estimate of drug-likeness (QED) is 0.423. The average Bonchev–Trinajstić information content (AvgIpc) is 2.35. The average molecular weight is 337 g/mol. The first-order valence-corrected chi connectivity index (χ1v) is 6.29. The molecule has 0 bridgehead atoms. The zero-order valence-electron chi connectivity index (χ0n) is 9.57. The Bertz CT molecular complexity index is 694. The van der Waals surface area contributed by atoms with Crippen LogP contribution in [0.15, 0.2) is 30.3 Å². The van der Waals surface area contributed by atoms with Crippen molar-refractivity contribution in [3.05, 3.63) is 61.3 Å². The molecule has 104 valence electrons. The van der Waals surface area contributed by atoms with Crippen LogP contribution in [0.1, 0.15) is 0 Å². The van der Waals surface area contributed by atoms with Gasteiger partial charge in [0, 0.05) is 6.07 Å². The van der Waals surface area contributed by atoms with Crippen LogP contribution in [0, 0.1) is 15.9 Å². The predicted octanol–water partition coefficient (Wildman–Crippen LogP) is 5.49. The van der Waals surface area contributed by atoms with Crippen molar-refractivity contribution in [2.75, 3.05) is 0 Å². The molecule has 2 rings (SSSR count). The molecule has 0 aliphatic rings. The largest absolute Gasteiger partial charge is 0.448 e. The lowest BCUT2D eigenvalue weighted by Gasteiger charge is -2.09. The first kappa shape index (κ1) is 14.8. The first-order chi connectivity index (χ1) is 9.40. The maximum atomic E-state index is 13.4. The van der Waals surface area contributed by atoms with Gasteiger partial charge in [-0.05, 0) is 18.2 Å². The number of nitro groups is 1. The van der Waals surface area contributed by atoms with Crippen molar-refractivity contribution in [1.29, 1.82) is 0 Å². The molecular weight excluding hydrogens is 331 g/mol. The van der Waals surface area contributed by atoms with Crippen molar-refractivity contribution >= 4 is 40.5 Å². The number of halogens is 4. The number of nitrogens with zero attached hydrogens (tertiary/aromatic N) is 1. The maximum Gasteiger partial charge on any atom is 0.346 e. The van der Waals surface area contributed by atoms with Crippen LogP contribution in [0.2, 0.25) is 15.1 Å². The third-order valence-corrected chi connectivity index (χ3v) is 3.34. The molecule has 0 radical (unpaired) electrons. The van der Waals surface area contributed by atoms with Crippen molar-refractivity contribution < 1.29 is 14.1 Å². The summed E-state index contributed by atoms with van der Waals surface area (Å²) in [6.07, 6.45) is 0. The van der Waals surface area contributed by atoms with Crippen LogP contribution in [0.25, 0.3) is 0 Å². The highest BCUT2D eigenvalue weighted by molar-refractivity contribution is 6.43. The smallest absolute Gasteiger partial charge is 0.346 e. The van der Waals surface area contributed by atoms with E-state index in [2.05, 4.69) is 0 Å². The summed E-state index contributed by atoms with van der Waals surface area (Å²) in [4.78, 5) is 9.97. The Balaban J connectivity index is 2.48. The Kier molecular flexibility index (Phi) is 4.32. The van der Waals surface area contributed by atoms with Gasteiger partial charge in [0.1, 0.15) is 5.75 Å². The van der Waals surface area contributed by atoms with Crippen LogP contribution in [-0.2, 0) is 0 Å². The van der Waals surface area contributed by atoms with Crippen LogP contribution < -0.4 is 4.74 Å². The van der Waals surface area contributed by atoms with E-state index in [4.69, 9.17) is 39.5 Å². The number of benzene rings is 2. The summed E-state index contributed by atoms with van der Waals surface area (Å²) < 4.78 is 18.7. The molecule has 8 heteroatoms. The number of hydrogen-bond donors (Lipinski definition) is 0. The Hall–Kier alpha value is -1.56. The molecule has 0 saturated carbocycles. The Morgan fingerprint density at radius 1 is 1.05 bits per heavy atom. The van der Waals surface area contributed by atoms with Gasteiger partial charge in [-0.15, -0.1) is 0 Å². The van der Waals surface area contributed by atoms with Gasteiger partial charge < -0.3 is 4.74 Å². The summed E-state index contributed by atoms with van der Waals surface area (Å²) in [6, 6.07) is 6.11. The summed E-state index contributed by atoms with van der Waals surface area (Å²) >= 11 is 17.5. The predicted molar refractivity (Wildman–Crippen MR) is 74.6 cm³/mol. The second-order valence-corrected chi connectivity index (χ2v) is 4.86. The maximum absolute atomic E-state index is 13.4. The van der Waals surface area contributed by atoms with Crippen molar-refractivity contribution in [3.8, 4) is 11.5 Å². The molecule has 4 nitrogen and oxygen atoms in total. The van der Waals surface area contributed by atoms with Crippen LogP contribution in [0.3, 0.4) is 0 Å². The molecule has 0 aromatic heterocycles. The van der Waals surface area contributed by atoms with Crippen LogP contribution in [0.5, 0.6) is 11.5 Å². The summed E-state index contributed by atoms with van der Waals surface area (Å²) in [5, 5.41) is 11.3. The Labute approximate surface area is 127 Å². The molecule has 0 heterocycles. The van der Waals surface area contributed by atoms with E-state index in [0.717, 1.165) is 6.07 Å². The van der Waals surface area contributed by atoms with Gasteiger partial charge >= 0.3 is 5.69 Å². The molecular formula is C12H5Cl3FNO3. The fraction of sp³-hybridized carbons (Fsp3) is 0. The minimum atomic E-state index is -1.01.